The fraction of sp³-hybridized carbons (Fsp3) is 0.917. The van der Waals surface area contributed by atoms with E-state index in [-0.39, 0.29) is 11.0 Å². The Morgan fingerprint density at radius 2 is 2.13 bits per heavy atom. The van der Waals surface area contributed by atoms with Crippen LogP contribution >= 0.6 is 0 Å². The lowest BCUT2D eigenvalue weighted by Crippen LogP contribution is -2.68. The van der Waals surface area contributed by atoms with Gasteiger partial charge in [0.15, 0.2) is 0 Å². The zero-order valence-electron chi connectivity index (χ0n) is 9.75. The fourth-order valence-corrected chi connectivity index (χ4v) is 3.59. The molecule has 0 saturated heterocycles. The van der Waals surface area contributed by atoms with Crippen molar-refractivity contribution in [2.75, 3.05) is 6.61 Å². The Bertz CT molecular complexity index is 285. The molecular formula is C12H20O3. The zero-order chi connectivity index (χ0) is 11.3. The summed E-state index contributed by atoms with van der Waals surface area (Å²) in [5.41, 5.74) is -0.231. The molecule has 0 spiro atoms. The Kier molecular flexibility index (Phi) is 2.34. The van der Waals surface area contributed by atoms with Crippen LogP contribution in [0.5, 0.6) is 0 Å². The van der Waals surface area contributed by atoms with Crippen LogP contribution in [0, 0.1) is 17.3 Å². The number of carbonyl (C=O) groups is 1. The molecule has 3 aliphatic rings. The number of rotatable bonds is 2. The molecule has 3 fully saturated rings. The van der Waals surface area contributed by atoms with Gasteiger partial charge in [-0.25, -0.2) is 4.79 Å². The van der Waals surface area contributed by atoms with Crippen molar-refractivity contribution in [1.82, 2.24) is 0 Å². The van der Waals surface area contributed by atoms with Crippen LogP contribution in [0.25, 0.3) is 0 Å². The smallest absolute Gasteiger partial charge is 0.332 e. The average Bonchev–Trinajstić information content (AvgIpc) is 2.20. The highest BCUT2D eigenvalue weighted by molar-refractivity contribution is 5.71. The molecule has 0 aliphatic heterocycles. The Hall–Kier alpha value is -0.570. The molecule has 15 heavy (non-hydrogen) atoms. The second-order valence-electron chi connectivity index (χ2n) is 5.62. The molecule has 0 aromatic rings. The van der Waals surface area contributed by atoms with E-state index in [1.165, 1.54) is 6.42 Å². The summed E-state index contributed by atoms with van der Waals surface area (Å²) in [6.45, 7) is 6.01. The zero-order valence-corrected chi connectivity index (χ0v) is 9.75. The summed E-state index contributed by atoms with van der Waals surface area (Å²) in [4.78, 5) is 11.3. The Balaban J connectivity index is 2.20. The van der Waals surface area contributed by atoms with Crippen molar-refractivity contribution in [3.63, 3.8) is 0 Å². The van der Waals surface area contributed by atoms with E-state index < -0.39 is 12.6 Å². The lowest BCUT2D eigenvalue weighted by atomic mass is 9.42. The number of esters is 1. The molecule has 0 aromatic heterocycles. The molecular weight excluding hydrogens is 192 g/mol. The van der Waals surface area contributed by atoms with Crippen LogP contribution in [0.15, 0.2) is 0 Å². The molecule has 3 aliphatic carbocycles. The van der Waals surface area contributed by atoms with Crippen molar-refractivity contribution in [2.45, 2.75) is 45.6 Å². The number of hydrogen-bond acceptors (Lipinski definition) is 3. The largest absolute Gasteiger partial charge is 0.456 e. The van der Waals surface area contributed by atoms with Crippen molar-refractivity contribution in [1.29, 1.82) is 0 Å². The third-order valence-electron chi connectivity index (χ3n) is 4.83. The van der Waals surface area contributed by atoms with Crippen LogP contribution in [-0.2, 0) is 9.53 Å². The molecule has 3 rings (SSSR count). The van der Waals surface area contributed by atoms with Crippen molar-refractivity contribution < 1.29 is 14.6 Å². The first-order valence-corrected chi connectivity index (χ1v) is 5.77. The molecule has 3 nitrogen and oxygen atoms in total. The summed E-state index contributed by atoms with van der Waals surface area (Å²) in [5, 5.41) is 8.78. The van der Waals surface area contributed by atoms with E-state index in [2.05, 4.69) is 20.8 Å². The van der Waals surface area contributed by atoms with Crippen LogP contribution in [-0.4, -0.2) is 23.3 Å². The Morgan fingerprint density at radius 1 is 1.47 bits per heavy atom. The van der Waals surface area contributed by atoms with E-state index in [9.17, 15) is 4.79 Å². The van der Waals surface area contributed by atoms with E-state index in [0.29, 0.717) is 11.8 Å². The van der Waals surface area contributed by atoms with Crippen LogP contribution in [0.3, 0.4) is 0 Å². The van der Waals surface area contributed by atoms with Crippen molar-refractivity contribution in [3.05, 3.63) is 0 Å². The number of carbonyl (C=O) groups excluding carboxylic acids is 1. The van der Waals surface area contributed by atoms with Gasteiger partial charge in [-0.05, 0) is 31.1 Å². The van der Waals surface area contributed by atoms with Gasteiger partial charge in [-0.2, -0.15) is 0 Å². The summed E-state index contributed by atoms with van der Waals surface area (Å²) in [7, 11) is 0. The first kappa shape index (κ1) is 10.9. The molecule has 86 valence electrons. The molecule has 1 N–H and O–H groups in total. The SMILES string of the molecule is CC1CCC2CC1(OC(=O)CO)C2(C)C. The topological polar surface area (TPSA) is 46.5 Å². The summed E-state index contributed by atoms with van der Waals surface area (Å²) in [5.74, 6) is 0.614. The highest BCUT2D eigenvalue weighted by atomic mass is 16.6. The van der Waals surface area contributed by atoms with E-state index in [1.807, 2.05) is 0 Å². The predicted octanol–water partition coefficient (Wildman–Crippen LogP) is 1.74. The van der Waals surface area contributed by atoms with Crippen LogP contribution in [0.4, 0.5) is 0 Å². The van der Waals surface area contributed by atoms with Gasteiger partial charge in [0.05, 0.1) is 0 Å². The monoisotopic (exact) mass is 212 g/mol. The highest BCUT2D eigenvalue weighted by Gasteiger charge is 2.67. The average molecular weight is 212 g/mol. The van der Waals surface area contributed by atoms with Crippen molar-refractivity contribution >= 4 is 5.97 Å². The summed E-state index contributed by atoms with van der Waals surface area (Å²) >= 11 is 0. The summed E-state index contributed by atoms with van der Waals surface area (Å²) in [6, 6.07) is 0. The maximum atomic E-state index is 11.3. The highest BCUT2D eigenvalue weighted by Crippen LogP contribution is 2.65. The number of fused-ring (bicyclic) bond motifs is 2. The Morgan fingerprint density at radius 3 is 2.60 bits per heavy atom. The molecule has 0 radical (unpaired) electrons. The van der Waals surface area contributed by atoms with E-state index in [4.69, 9.17) is 9.84 Å². The van der Waals surface area contributed by atoms with Gasteiger partial charge < -0.3 is 9.84 Å². The van der Waals surface area contributed by atoms with Gasteiger partial charge in [-0.1, -0.05) is 20.8 Å². The van der Waals surface area contributed by atoms with Gasteiger partial charge in [0.2, 0.25) is 0 Å². The number of aliphatic hydroxyl groups is 1. The summed E-state index contributed by atoms with van der Waals surface area (Å²) in [6.07, 6.45) is 3.35. The maximum absolute atomic E-state index is 11.3. The minimum absolute atomic E-state index is 0.0789. The third kappa shape index (κ3) is 1.25. The lowest BCUT2D eigenvalue weighted by molar-refractivity contribution is -0.268. The van der Waals surface area contributed by atoms with E-state index in [0.717, 1.165) is 12.8 Å². The standard InChI is InChI=1S/C12H20O3/c1-8-4-5-9-6-12(8,11(9,2)3)15-10(14)7-13/h8-9,13H,4-7H2,1-3H3. The van der Waals surface area contributed by atoms with E-state index >= 15 is 0 Å². The lowest BCUT2D eigenvalue weighted by Gasteiger charge is -2.66. The normalized spacial score (nSPS) is 41.9. The fourth-order valence-electron chi connectivity index (χ4n) is 3.59. The van der Waals surface area contributed by atoms with Crippen molar-refractivity contribution in [3.8, 4) is 0 Å². The van der Waals surface area contributed by atoms with Crippen LogP contribution < -0.4 is 0 Å². The van der Waals surface area contributed by atoms with Crippen LogP contribution in [0.1, 0.15) is 40.0 Å². The van der Waals surface area contributed by atoms with Gasteiger partial charge in [0.1, 0.15) is 12.2 Å². The Labute approximate surface area is 90.8 Å². The van der Waals surface area contributed by atoms with E-state index in [1.54, 1.807) is 0 Å². The van der Waals surface area contributed by atoms with Gasteiger partial charge in [-0.15, -0.1) is 0 Å². The maximum Gasteiger partial charge on any atom is 0.332 e. The molecule has 2 bridgehead atoms. The van der Waals surface area contributed by atoms with Gasteiger partial charge in [0.25, 0.3) is 0 Å². The number of aliphatic hydroxyl groups excluding tert-OH is 1. The first-order valence-electron chi connectivity index (χ1n) is 5.77. The number of ether oxygens (including phenoxy) is 1. The number of hydrogen-bond donors (Lipinski definition) is 1. The minimum Gasteiger partial charge on any atom is -0.456 e. The van der Waals surface area contributed by atoms with Gasteiger partial charge >= 0.3 is 5.97 Å². The second-order valence-corrected chi connectivity index (χ2v) is 5.62. The molecule has 3 atom stereocenters. The molecule has 0 heterocycles. The van der Waals surface area contributed by atoms with Gasteiger partial charge in [-0.3, -0.25) is 0 Å². The third-order valence-corrected chi connectivity index (χ3v) is 4.83. The molecule has 3 saturated carbocycles. The molecule has 3 heteroatoms. The predicted molar refractivity (Wildman–Crippen MR) is 56.2 cm³/mol. The second kappa shape index (κ2) is 3.21. The molecule has 0 amide bonds. The van der Waals surface area contributed by atoms with Gasteiger partial charge in [0, 0.05) is 5.41 Å². The minimum atomic E-state index is -0.505. The van der Waals surface area contributed by atoms with Crippen molar-refractivity contribution in [2.24, 2.45) is 17.3 Å². The quantitative estimate of drug-likeness (QED) is 0.709. The first-order chi connectivity index (χ1) is 6.94. The van der Waals surface area contributed by atoms with Crippen LogP contribution in [0.2, 0.25) is 0 Å². The molecule has 0 aromatic carbocycles. The molecule has 3 unspecified atom stereocenters. The summed E-state index contributed by atoms with van der Waals surface area (Å²) < 4.78 is 5.53.